The molecule has 0 bridgehead atoms. The minimum Gasteiger partial charge on any atom is -0.339 e. The van der Waals surface area contributed by atoms with Crippen molar-refractivity contribution in [3.8, 4) is 0 Å². The van der Waals surface area contributed by atoms with Crippen molar-refractivity contribution in [3.05, 3.63) is 12.7 Å². The molecule has 1 saturated carbocycles. The number of nitrogens with zero attached hydrogens (tertiary/aromatic N) is 1. The molecule has 3 heteroatoms. The van der Waals surface area contributed by atoms with Gasteiger partial charge in [-0.15, -0.1) is 6.58 Å². The van der Waals surface area contributed by atoms with E-state index >= 15 is 0 Å². The standard InChI is InChI=1S/C12H21NOS/c1-3-7-13(8-4-2)11(14)9-12(10-15)5-6-12/h3,15H,1,4-10H2,2H3. The highest BCUT2D eigenvalue weighted by atomic mass is 32.1. The van der Waals surface area contributed by atoms with Gasteiger partial charge in [-0.1, -0.05) is 13.0 Å². The zero-order valence-corrected chi connectivity index (χ0v) is 10.4. The van der Waals surface area contributed by atoms with E-state index in [1.54, 1.807) is 6.08 Å². The minimum atomic E-state index is 0.230. The summed E-state index contributed by atoms with van der Waals surface area (Å²) in [5, 5.41) is 0. The topological polar surface area (TPSA) is 20.3 Å². The average molecular weight is 227 g/mol. The first kappa shape index (κ1) is 12.6. The number of hydrogen-bond acceptors (Lipinski definition) is 2. The van der Waals surface area contributed by atoms with Gasteiger partial charge in [-0.05, 0) is 30.4 Å². The van der Waals surface area contributed by atoms with Crippen LogP contribution in [0.4, 0.5) is 0 Å². The first-order valence-electron chi connectivity index (χ1n) is 5.67. The van der Waals surface area contributed by atoms with Gasteiger partial charge in [-0.2, -0.15) is 12.6 Å². The maximum atomic E-state index is 12.0. The Labute approximate surface area is 98.1 Å². The zero-order valence-electron chi connectivity index (χ0n) is 9.54. The molecule has 0 spiro atoms. The van der Waals surface area contributed by atoms with Gasteiger partial charge in [-0.3, -0.25) is 4.79 Å². The van der Waals surface area contributed by atoms with E-state index in [0.29, 0.717) is 13.0 Å². The number of amides is 1. The van der Waals surface area contributed by atoms with Crippen molar-refractivity contribution in [2.75, 3.05) is 18.8 Å². The first-order valence-corrected chi connectivity index (χ1v) is 6.30. The molecule has 15 heavy (non-hydrogen) atoms. The molecule has 0 aromatic rings. The second kappa shape index (κ2) is 5.59. The summed E-state index contributed by atoms with van der Waals surface area (Å²) >= 11 is 4.32. The van der Waals surface area contributed by atoms with Crippen LogP contribution in [0.15, 0.2) is 12.7 Å². The molecule has 0 aromatic heterocycles. The lowest BCUT2D eigenvalue weighted by atomic mass is 10.0. The molecule has 1 fully saturated rings. The number of hydrogen-bond donors (Lipinski definition) is 1. The lowest BCUT2D eigenvalue weighted by Crippen LogP contribution is -2.33. The Morgan fingerprint density at radius 1 is 1.60 bits per heavy atom. The van der Waals surface area contributed by atoms with E-state index < -0.39 is 0 Å². The Bertz CT molecular complexity index is 236. The molecule has 0 aliphatic heterocycles. The molecule has 1 rings (SSSR count). The molecule has 0 aromatic carbocycles. The number of carbonyl (C=O) groups is 1. The van der Waals surface area contributed by atoms with Gasteiger partial charge in [0.2, 0.25) is 5.91 Å². The molecule has 1 amide bonds. The molecule has 86 valence electrons. The predicted molar refractivity (Wildman–Crippen MR) is 67.2 cm³/mol. The Hall–Kier alpha value is -0.440. The molecule has 0 heterocycles. The van der Waals surface area contributed by atoms with Crippen LogP contribution in [-0.4, -0.2) is 29.6 Å². The van der Waals surface area contributed by atoms with Gasteiger partial charge in [0.1, 0.15) is 0 Å². The number of thiol groups is 1. The third kappa shape index (κ3) is 3.56. The van der Waals surface area contributed by atoms with Crippen molar-refractivity contribution >= 4 is 18.5 Å². The van der Waals surface area contributed by atoms with Crippen LogP contribution in [0.3, 0.4) is 0 Å². The van der Waals surface area contributed by atoms with Gasteiger partial charge in [0.05, 0.1) is 0 Å². The molecule has 1 aliphatic carbocycles. The molecule has 0 radical (unpaired) electrons. The van der Waals surface area contributed by atoms with Crippen LogP contribution >= 0.6 is 12.6 Å². The van der Waals surface area contributed by atoms with Gasteiger partial charge in [0, 0.05) is 19.5 Å². The summed E-state index contributed by atoms with van der Waals surface area (Å²) in [5.41, 5.74) is 0.230. The highest BCUT2D eigenvalue weighted by molar-refractivity contribution is 7.80. The van der Waals surface area contributed by atoms with Gasteiger partial charge in [0.15, 0.2) is 0 Å². The lowest BCUT2D eigenvalue weighted by molar-refractivity contribution is -0.131. The Morgan fingerprint density at radius 3 is 2.67 bits per heavy atom. The number of rotatable bonds is 7. The maximum Gasteiger partial charge on any atom is 0.223 e. The highest BCUT2D eigenvalue weighted by Gasteiger charge is 2.43. The smallest absolute Gasteiger partial charge is 0.223 e. The van der Waals surface area contributed by atoms with Crippen LogP contribution in [0, 0.1) is 5.41 Å². The largest absolute Gasteiger partial charge is 0.339 e. The van der Waals surface area contributed by atoms with Gasteiger partial charge in [0.25, 0.3) is 0 Å². The highest BCUT2D eigenvalue weighted by Crippen LogP contribution is 2.49. The van der Waals surface area contributed by atoms with Crippen LogP contribution in [0.2, 0.25) is 0 Å². The Balaban J connectivity index is 2.44. The summed E-state index contributed by atoms with van der Waals surface area (Å²) in [6.45, 7) is 7.30. The van der Waals surface area contributed by atoms with Crippen molar-refractivity contribution in [2.45, 2.75) is 32.6 Å². The van der Waals surface area contributed by atoms with Crippen molar-refractivity contribution < 1.29 is 4.79 Å². The van der Waals surface area contributed by atoms with Gasteiger partial charge >= 0.3 is 0 Å². The SMILES string of the molecule is C=CCN(CCC)C(=O)CC1(CS)CC1. The molecule has 0 atom stereocenters. The fourth-order valence-corrected chi connectivity index (χ4v) is 2.17. The summed E-state index contributed by atoms with van der Waals surface area (Å²) in [6, 6.07) is 0. The maximum absolute atomic E-state index is 12.0. The lowest BCUT2D eigenvalue weighted by Gasteiger charge is -2.22. The molecule has 2 nitrogen and oxygen atoms in total. The van der Waals surface area contributed by atoms with Crippen LogP contribution < -0.4 is 0 Å². The predicted octanol–water partition coefficient (Wildman–Crippen LogP) is 2.51. The van der Waals surface area contributed by atoms with Crippen LogP contribution in [0.25, 0.3) is 0 Å². The van der Waals surface area contributed by atoms with E-state index in [2.05, 4.69) is 26.1 Å². The summed E-state index contributed by atoms with van der Waals surface area (Å²) in [5.74, 6) is 1.11. The van der Waals surface area contributed by atoms with E-state index in [0.717, 1.165) is 31.6 Å². The summed E-state index contributed by atoms with van der Waals surface area (Å²) in [4.78, 5) is 13.9. The normalized spacial score (nSPS) is 17.2. The molecule has 0 unspecified atom stereocenters. The van der Waals surface area contributed by atoms with Crippen LogP contribution in [0.5, 0.6) is 0 Å². The first-order chi connectivity index (χ1) is 7.17. The van der Waals surface area contributed by atoms with Gasteiger partial charge in [-0.25, -0.2) is 0 Å². The van der Waals surface area contributed by atoms with Crippen molar-refractivity contribution in [3.63, 3.8) is 0 Å². The molecular weight excluding hydrogens is 206 g/mol. The van der Waals surface area contributed by atoms with Crippen molar-refractivity contribution in [1.29, 1.82) is 0 Å². The molecular formula is C12H21NOS. The Morgan fingerprint density at radius 2 is 2.27 bits per heavy atom. The van der Waals surface area contributed by atoms with E-state index in [4.69, 9.17) is 0 Å². The van der Waals surface area contributed by atoms with E-state index in [1.165, 1.54) is 0 Å². The quantitative estimate of drug-likeness (QED) is 0.523. The van der Waals surface area contributed by atoms with E-state index in [9.17, 15) is 4.79 Å². The fourth-order valence-electron chi connectivity index (χ4n) is 1.74. The van der Waals surface area contributed by atoms with Gasteiger partial charge < -0.3 is 4.90 Å². The second-order valence-corrected chi connectivity index (χ2v) is 4.78. The third-order valence-electron chi connectivity index (χ3n) is 3.01. The summed E-state index contributed by atoms with van der Waals surface area (Å²) in [6.07, 6.45) is 5.80. The number of carbonyl (C=O) groups excluding carboxylic acids is 1. The molecule has 0 N–H and O–H groups in total. The Kier molecular flexibility index (Phi) is 4.71. The summed E-state index contributed by atoms with van der Waals surface area (Å²) < 4.78 is 0. The second-order valence-electron chi connectivity index (χ2n) is 4.46. The van der Waals surface area contributed by atoms with Crippen molar-refractivity contribution in [1.82, 2.24) is 4.90 Å². The monoisotopic (exact) mass is 227 g/mol. The fraction of sp³-hybridized carbons (Fsp3) is 0.750. The molecule has 0 saturated heterocycles. The van der Waals surface area contributed by atoms with Crippen LogP contribution in [0.1, 0.15) is 32.6 Å². The van der Waals surface area contributed by atoms with Crippen LogP contribution in [-0.2, 0) is 4.79 Å². The third-order valence-corrected chi connectivity index (χ3v) is 3.69. The summed E-state index contributed by atoms with van der Waals surface area (Å²) in [7, 11) is 0. The van der Waals surface area contributed by atoms with Crippen molar-refractivity contribution in [2.24, 2.45) is 5.41 Å². The van der Waals surface area contributed by atoms with E-state index in [1.807, 2.05) is 4.90 Å². The zero-order chi connectivity index (χ0) is 11.3. The van der Waals surface area contributed by atoms with E-state index in [-0.39, 0.29) is 11.3 Å². The molecule has 1 aliphatic rings. The minimum absolute atomic E-state index is 0.230. The average Bonchev–Trinajstić information content (AvgIpc) is 2.98.